The molecule has 0 saturated heterocycles. The highest BCUT2D eigenvalue weighted by Crippen LogP contribution is 2.28. The number of hydrogen-bond donors (Lipinski definition) is 1. The average Bonchev–Trinajstić information content (AvgIpc) is 2.15. The smallest absolute Gasteiger partial charge is 0.207 e. The molecule has 15 heavy (non-hydrogen) atoms. The molecule has 0 aromatic heterocycles. The number of halogens is 1. The summed E-state index contributed by atoms with van der Waals surface area (Å²) in [6, 6.07) is 5.00. The van der Waals surface area contributed by atoms with Gasteiger partial charge in [0.25, 0.3) is 9.05 Å². The van der Waals surface area contributed by atoms with Crippen molar-refractivity contribution >= 4 is 32.4 Å². The van der Waals surface area contributed by atoms with Gasteiger partial charge in [0, 0.05) is 15.6 Å². The van der Waals surface area contributed by atoms with Crippen molar-refractivity contribution in [2.24, 2.45) is 0 Å². The average molecular weight is 262 g/mol. The Hall–Kier alpha value is -0.700. The quantitative estimate of drug-likeness (QED) is 0.657. The van der Waals surface area contributed by atoms with Crippen LogP contribution in [0.1, 0.15) is 18.1 Å². The monoisotopic (exact) mass is 261 g/mol. The van der Waals surface area contributed by atoms with Gasteiger partial charge in [0.1, 0.15) is 11.0 Å². The molecular weight excluding hydrogens is 254 g/mol. The summed E-state index contributed by atoms with van der Waals surface area (Å²) in [5.41, 5.74) is 0.534. The number of nitriles is 1. The molecule has 0 aliphatic heterocycles. The molecular formula is C9H8ClNO2S2. The highest BCUT2D eigenvalue weighted by Gasteiger charge is 2.21. The van der Waals surface area contributed by atoms with Crippen LogP contribution in [0.15, 0.2) is 21.9 Å². The van der Waals surface area contributed by atoms with Crippen LogP contribution in [0.4, 0.5) is 0 Å². The highest BCUT2D eigenvalue weighted by atomic mass is 35.7. The molecule has 0 aliphatic rings. The van der Waals surface area contributed by atoms with Crippen LogP contribution >= 0.6 is 23.3 Å². The fourth-order valence-electron chi connectivity index (χ4n) is 1.28. The van der Waals surface area contributed by atoms with Gasteiger partial charge in [-0.15, -0.1) is 12.6 Å². The lowest BCUT2D eigenvalue weighted by Gasteiger charge is -2.07. The highest BCUT2D eigenvalue weighted by molar-refractivity contribution is 8.13. The maximum atomic E-state index is 11.3. The third-order valence-electron chi connectivity index (χ3n) is 1.95. The summed E-state index contributed by atoms with van der Waals surface area (Å²) in [6.45, 7) is 1.79. The van der Waals surface area contributed by atoms with Crippen LogP contribution in [-0.2, 0) is 15.5 Å². The van der Waals surface area contributed by atoms with Crippen LogP contribution < -0.4 is 0 Å². The van der Waals surface area contributed by atoms with Crippen molar-refractivity contribution in [3.05, 3.63) is 23.3 Å². The van der Waals surface area contributed by atoms with E-state index in [4.69, 9.17) is 15.9 Å². The van der Waals surface area contributed by atoms with E-state index in [-0.39, 0.29) is 10.5 Å². The van der Waals surface area contributed by atoms with Gasteiger partial charge >= 0.3 is 0 Å². The van der Waals surface area contributed by atoms with E-state index in [0.717, 1.165) is 0 Å². The van der Waals surface area contributed by atoms with E-state index < -0.39 is 9.05 Å². The number of aryl methyl sites for hydroxylation is 1. The van der Waals surface area contributed by atoms with E-state index in [1.165, 1.54) is 0 Å². The zero-order valence-corrected chi connectivity index (χ0v) is 10.3. The topological polar surface area (TPSA) is 57.9 Å². The lowest BCUT2D eigenvalue weighted by Crippen LogP contribution is -2.01. The van der Waals surface area contributed by atoms with Crippen molar-refractivity contribution in [1.82, 2.24) is 0 Å². The van der Waals surface area contributed by atoms with Gasteiger partial charge in [-0.2, -0.15) is 5.26 Å². The van der Waals surface area contributed by atoms with Gasteiger partial charge in [-0.25, -0.2) is 8.42 Å². The molecule has 0 bridgehead atoms. The predicted molar refractivity (Wildman–Crippen MR) is 60.8 cm³/mol. The second kappa shape index (κ2) is 4.44. The first-order chi connectivity index (χ1) is 6.91. The standard InChI is InChI=1S/C9H8ClNO2S2/c1-2-6-3-4-8(14)7(5-11)9(6)15(10,12)13/h3-4,14H,2H2,1H3. The third-order valence-corrected chi connectivity index (χ3v) is 3.74. The van der Waals surface area contributed by atoms with E-state index in [1.807, 2.05) is 0 Å². The summed E-state index contributed by atoms with van der Waals surface area (Å²) in [4.78, 5) is 0.190. The largest absolute Gasteiger partial charge is 0.262 e. The fourth-order valence-corrected chi connectivity index (χ4v) is 3.05. The maximum Gasteiger partial charge on any atom is 0.262 e. The Bertz CT molecular complexity index is 532. The van der Waals surface area contributed by atoms with Crippen LogP contribution in [0.25, 0.3) is 0 Å². The zero-order chi connectivity index (χ0) is 11.6. The third kappa shape index (κ3) is 2.46. The van der Waals surface area contributed by atoms with Crippen LogP contribution in [0, 0.1) is 11.3 Å². The van der Waals surface area contributed by atoms with Gasteiger partial charge in [0.15, 0.2) is 0 Å². The molecule has 0 unspecified atom stereocenters. The summed E-state index contributed by atoms with van der Waals surface area (Å²) in [6.07, 6.45) is 0.490. The molecule has 0 aliphatic carbocycles. The molecule has 0 saturated carbocycles. The number of benzene rings is 1. The Morgan fingerprint density at radius 2 is 2.13 bits per heavy atom. The lowest BCUT2D eigenvalue weighted by molar-refractivity contribution is 0.608. The molecule has 1 aromatic rings. The minimum absolute atomic E-state index is 0.00711. The minimum atomic E-state index is -3.91. The maximum absolute atomic E-state index is 11.3. The molecule has 0 atom stereocenters. The molecule has 0 amide bonds. The van der Waals surface area contributed by atoms with E-state index in [2.05, 4.69) is 12.6 Å². The molecule has 0 spiro atoms. The molecule has 1 aromatic carbocycles. The molecule has 1 rings (SSSR count). The SMILES string of the molecule is CCc1ccc(S)c(C#N)c1S(=O)(=O)Cl. The van der Waals surface area contributed by atoms with E-state index in [9.17, 15) is 8.42 Å². The first-order valence-electron chi connectivity index (χ1n) is 4.11. The Labute approximate surface area is 98.5 Å². The van der Waals surface area contributed by atoms with Gasteiger partial charge in [-0.3, -0.25) is 0 Å². The Morgan fingerprint density at radius 3 is 2.53 bits per heavy atom. The van der Waals surface area contributed by atoms with E-state index >= 15 is 0 Å². The van der Waals surface area contributed by atoms with Crippen molar-refractivity contribution < 1.29 is 8.42 Å². The van der Waals surface area contributed by atoms with Gasteiger partial charge in [0.05, 0.1) is 5.56 Å². The molecule has 0 radical (unpaired) electrons. The summed E-state index contributed by atoms with van der Waals surface area (Å²) in [7, 11) is 1.38. The van der Waals surface area contributed by atoms with Crippen LogP contribution in [-0.4, -0.2) is 8.42 Å². The molecule has 80 valence electrons. The molecule has 3 nitrogen and oxygen atoms in total. The Kier molecular flexibility index (Phi) is 3.66. The number of rotatable bonds is 2. The summed E-state index contributed by atoms with van der Waals surface area (Å²) in [5.74, 6) is 0. The van der Waals surface area contributed by atoms with Crippen molar-refractivity contribution in [2.45, 2.75) is 23.1 Å². The molecule has 6 heteroatoms. The normalized spacial score (nSPS) is 11.1. The number of hydrogen-bond acceptors (Lipinski definition) is 4. The second-order valence-electron chi connectivity index (χ2n) is 2.85. The molecule has 0 heterocycles. The van der Waals surface area contributed by atoms with E-state index in [1.54, 1.807) is 25.1 Å². The van der Waals surface area contributed by atoms with Gasteiger partial charge < -0.3 is 0 Å². The summed E-state index contributed by atoms with van der Waals surface area (Å²) < 4.78 is 22.6. The summed E-state index contributed by atoms with van der Waals surface area (Å²) in [5, 5.41) is 8.86. The van der Waals surface area contributed by atoms with E-state index in [0.29, 0.717) is 16.9 Å². The van der Waals surface area contributed by atoms with Crippen LogP contribution in [0.5, 0.6) is 0 Å². The minimum Gasteiger partial charge on any atom is -0.207 e. The first kappa shape index (κ1) is 12.4. The van der Waals surface area contributed by atoms with Crippen molar-refractivity contribution in [3.8, 4) is 6.07 Å². The molecule has 0 fully saturated rings. The van der Waals surface area contributed by atoms with Crippen LogP contribution in [0.2, 0.25) is 0 Å². The number of thiol groups is 1. The Morgan fingerprint density at radius 1 is 1.53 bits per heavy atom. The summed E-state index contributed by atoms with van der Waals surface area (Å²) >= 11 is 4.02. The zero-order valence-electron chi connectivity index (χ0n) is 7.86. The van der Waals surface area contributed by atoms with Crippen molar-refractivity contribution in [1.29, 1.82) is 5.26 Å². The van der Waals surface area contributed by atoms with Crippen molar-refractivity contribution in [3.63, 3.8) is 0 Å². The fraction of sp³-hybridized carbons (Fsp3) is 0.222. The lowest BCUT2D eigenvalue weighted by atomic mass is 10.1. The predicted octanol–water partition coefficient (Wildman–Crippen LogP) is 2.34. The van der Waals surface area contributed by atoms with Gasteiger partial charge in [-0.1, -0.05) is 13.0 Å². The second-order valence-corrected chi connectivity index (χ2v) is 5.84. The molecule has 0 N–H and O–H groups in total. The first-order valence-corrected chi connectivity index (χ1v) is 6.87. The van der Waals surface area contributed by atoms with Gasteiger partial charge in [-0.05, 0) is 18.1 Å². The number of nitrogens with zero attached hydrogens (tertiary/aromatic N) is 1. The van der Waals surface area contributed by atoms with Gasteiger partial charge in [0.2, 0.25) is 0 Å². The Balaban J connectivity index is 3.73. The van der Waals surface area contributed by atoms with Crippen molar-refractivity contribution in [2.75, 3.05) is 0 Å². The van der Waals surface area contributed by atoms with Crippen LogP contribution in [0.3, 0.4) is 0 Å².